The molecule has 96 valence electrons. The first-order chi connectivity index (χ1) is 7.63. The summed E-state index contributed by atoms with van der Waals surface area (Å²) in [6.45, 7) is 6.19. The summed E-state index contributed by atoms with van der Waals surface area (Å²) in [4.78, 5) is 21.1. The molecule has 4 heteroatoms. The number of hydrogen-bond donors (Lipinski definition) is 1. The van der Waals surface area contributed by atoms with E-state index in [1.54, 1.807) is 13.8 Å². The van der Waals surface area contributed by atoms with Crippen molar-refractivity contribution in [3.63, 3.8) is 0 Å². The Morgan fingerprint density at radius 3 is 2.19 bits per heavy atom. The highest BCUT2D eigenvalue weighted by molar-refractivity contribution is 5.77. The van der Waals surface area contributed by atoms with Crippen molar-refractivity contribution < 1.29 is 19.7 Å². The molecule has 0 aromatic heterocycles. The number of hydrogen-bond acceptors (Lipinski definition) is 3. The predicted molar refractivity (Wildman–Crippen MR) is 62.1 cm³/mol. The van der Waals surface area contributed by atoms with Gasteiger partial charge in [-0.25, -0.2) is 14.6 Å². The molecule has 0 atom stereocenters. The van der Waals surface area contributed by atoms with E-state index in [0.29, 0.717) is 19.4 Å². The van der Waals surface area contributed by atoms with Gasteiger partial charge in [0.25, 0.3) is 0 Å². The molecule has 0 radical (unpaired) electrons. The van der Waals surface area contributed by atoms with E-state index in [1.807, 2.05) is 0 Å². The Balaban J connectivity index is 3.81. The summed E-state index contributed by atoms with van der Waals surface area (Å²) in [5.74, 6) is -0.953. The zero-order valence-electron chi connectivity index (χ0n) is 10.6. The van der Waals surface area contributed by atoms with Gasteiger partial charge in [0.15, 0.2) is 5.60 Å². The molecule has 0 rings (SSSR count). The van der Waals surface area contributed by atoms with Crippen LogP contribution in [-0.2, 0) is 14.6 Å². The van der Waals surface area contributed by atoms with E-state index in [9.17, 15) is 4.79 Å². The van der Waals surface area contributed by atoms with Crippen LogP contribution in [0.2, 0.25) is 0 Å². The van der Waals surface area contributed by atoms with Gasteiger partial charge in [0.1, 0.15) is 0 Å². The summed E-state index contributed by atoms with van der Waals surface area (Å²) in [5.41, 5.74) is -1.18. The Bertz CT molecular complexity index is 187. The van der Waals surface area contributed by atoms with Crippen LogP contribution in [0.15, 0.2) is 0 Å². The number of carboxylic acids is 1. The second-order valence-electron chi connectivity index (χ2n) is 3.97. The van der Waals surface area contributed by atoms with Crippen molar-refractivity contribution in [2.45, 2.75) is 64.9 Å². The van der Waals surface area contributed by atoms with E-state index in [1.165, 1.54) is 12.8 Å². The molecule has 0 aromatic rings. The summed E-state index contributed by atoms with van der Waals surface area (Å²) in [6, 6.07) is 0. The van der Waals surface area contributed by atoms with Crippen molar-refractivity contribution in [3.05, 3.63) is 0 Å². The zero-order chi connectivity index (χ0) is 12.4. The van der Waals surface area contributed by atoms with E-state index in [0.717, 1.165) is 12.8 Å². The summed E-state index contributed by atoms with van der Waals surface area (Å²) in [6.07, 6.45) is 5.18. The third-order valence-electron chi connectivity index (χ3n) is 2.83. The summed E-state index contributed by atoms with van der Waals surface area (Å²) >= 11 is 0. The third-order valence-corrected chi connectivity index (χ3v) is 2.83. The molecular weight excluding hydrogens is 208 g/mol. The molecule has 0 heterocycles. The molecule has 0 aliphatic heterocycles. The molecule has 0 aromatic carbocycles. The van der Waals surface area contributed by atoms with Gasteiger partial charge in [-0.05, 0) is 19.3 Å². The normalized spacial score (nSPS) is 11.7. The van der Waals surface area contributed by atoms with Crippen LogP contribution in [0.3, 0.4) is 0 Å². The maximum atomic E-state index is 11.0. The molecule has 0 spiro atoms. The number of carbonyl (C=O) groups is 1. The lowest BCUT2D eigenvalue weighted by atomic mass is 9.98. The molecule has 0 unspecified atom stereocenters. The van der Waals surface area contributed by atoms with Crippen molar-refractivity contribution in [3.8, 4) is 0 Å². The second-order valence-corrected chi connectivity index (χ2v) is 3.97. The average Bonchev–Trinajstić information content (AvgIpc) is 2.28. The predicted octanol–water partition coefficient (Wildman–Crippen LogP) is 3.16. The van der Waals surface area contributed by atoms with Crippen molar-refractivity contribution in [2.75, 3.05) is 6.61 Å². The highest BCUT2D eigenvalue weighted by atomic mass is 17.2. The lowest BCUT2D eigenvalue weighted by molar-refractivity contribution is -0.356. The van der Waals surface area contributed by atoms with E-state index in [-0.39, 0.29) is 0 Å². The molecule has 0 aliphatic rings. The van der Waals surface area contributed by atoms with Gasteiger partial charge >= 0.3 is 5.97 Å². The Morgan fingerprint density at radius 2 is 1.75 bits per heavy atom. The van der Waals surface area contributed by atoms with Gasteiger partial charge in [0, 0.05) is 0 Å². The van der Waals surface area contributed by atoms with Crippen LogP contribution in [0, 0.1) is 0 Å². The minimum absolute atomic E-state index is 0.411. The standard InChI is InChI=1S/C12H24O4/c1-4-7-8-9-10-15-16-12(5-2,6-3)11(13)14/h4-10H2,1-3H3,(H,13,14). The quantitative estimate of drug-likeness (QED) is 0.357. The fourth-order valence-corrected chi connectivity index (χ4v) is 1.45. The lowest BCUT2D eigenvalue weighted by Crippen LogP contribution is -2.40. The number of carboxylic acid groups (broad SMARTS) is 1. The molecule has 0 amide bonds. The SMILES string of the molecule is CCCCCCOOC(CC)(CC)C(=O)O. The van der Waals surface area contributed by atoms with Crippen LogP contribution in [-0.4, -0.2) is 23.3 Å². The molecule has 0 saturated heterocycles. The number of unbranched alkanes of at least 4 members (excludes halogenated alkanes) is 3. The van der Waals surface area contributed by atoms with Crippen molar-refractivity contribution >= 4 is 5.97 Å². The van der Waals surface area contributed by atoms with Crippen molar-refractivity contribution in [1.29, 1.82) is 0 Å². The van der Waals surface area contributed by atoms with E-state index >= 15 is 0 Å². The maximum absolute atomic E-state index is 11.0. The smallest absolute Gasteiger partial charge is 0.339 e. The first-order valence-corrected chi connectivity index (χ1v) is 6.17. The van der Waals surface area contributed by atoms with Gasteiger partial charge in [-0.3, -0.25) is 0 Å². The molecule has 0 fully saturated rings. The van der Waals surface area contributed by atoms with E-state index in [4.69, 9.17) is 14.9 Å². The van der Waals surface area contributed by atoms with Crippen LogP contribution >= 0.6 is 0 Å². The molecule has 4 nitrogen and oxygen atoms in total. The summed E-state index contributed by atoms with van der Waals surface area (Å²) in [7, 11) is 0. The minimum Gasteiger partial charge on any atom is -0.479 e. The molecule has 0 saturated carbocycles. The lowest BCUT2D eigenvalue weighted by Gasteiger charge is -2.25. The van der Waals surface area contributed by atoms with Crippen molar-refractivity contribution in [1.82, 2.24) is 0 Å². The van der Waals surface area contributed by atoms with Crippen LogP contribution in [0.25, 0.3) is 0 Å². The minimum atomic E-state index is -1.18. The van der Waals surface area contributed by atoms with Gasteiger partial charge in [-0.15, -0.1) is 0 Å². The number of aliphatic carboxylic acids is 1. The fraction of sp³-hybridized carbons (Fsp3) is 0.917. The fourth-order valence-electron chi connectivity index (χ4n) is 1.45. The van der Waals surface area contributed by atoms with Gasteiger partial charge < -0.3 is 5.11 Å². The third kappa shape index (κ3) is 4.94. The molecular formula is C12H24O4. The molecule has 16 heavy (non-hydrogen) atoms. The first-order valence-electron chi connectivity index (χ1n) is 6.17. The Hall–Kier alpha value is -0.610. The van der Waals surface area contributed by atoms with Crippen LogP contribution in [0.4, 0.5) is 0 Å². The van der Waals surface area contributed by atoms with Gasteiger partial charge in [0.05, 0.1) is 6.61 Å². The molecule has 0 bridgehead atoms. The zero-order valence-corrected chi connectivity index (χ0v) is 10.6. The van der Waals surface area contributed by atoms with Gasteiger partial charge in [0.2, 0.25) is 0 Å². The molecule has 0 aliphatic carbocycles. The average molecular weight is 232 g/mol. The first kappa shape index (κ1) is 15.4. The Morgan fingerprint density at radius 1 is 1.12 bits per heavy atom. The van der Waals surface area contributed by atoms with Gasteiger partial charge in [-0.1, -0.05) is 40.0 Å². The summed E-state index contributed by atoms with van der Waals surface area (Å²) in [5, 5.41) is 9.06. The maximum Gasteiger partial charge on any atom is 0.339 e. The topological polar surface area (TPSA) is 55.8 Å². The highest BCUT2D eigenvalue weighted by Gasteiger charge is 2.37. The monoisotopic (exact) mass is 232 g/mol. The Kier molecular flexibility index (Phi) is 8.21. The van der Waals surface area contributed by atoms with Crippen LogP contribution in [0.1, 0.15) is 59.3 Å². The Labute approximate surface area is 97.9 Å². The van der Waals surface area contributed by atoms with Crippen LogP contribution < -0.4 is 0 Å². The highest BCUT2D eigenvalue weighted by Crippen LogP contribution is 2.21. The van der Waals surface area contributed by atoms with Crippen LogP contribution in [0.5, 0.6) is 0 Å². The largest absolute Gasteiger partial charge is 0.479 e. The van der Waals surface area contributed by atoms with E-state index in [2.05, 4.69) is 6.92 Å². The second kappa shape index (κ2) is 8.53. The van der Waals surface area contributed by atoms with E-state index < -0.39 is 11.6 Å². The molecule has 1 N–H and O–H groups in total. The van der Waals surface area contributed by atoms with Crippen molar-refractivity contribution in [2.24, 2.45) is 0 Å². The van der Waals surface area contributed by atoms with Gasteiger partial charge in [-0.2, -0.15) is 0 Å². The number of rotatable bonds is 10. The summed E-state index contributed by atoms with van der Waals surface area (Å²) < 4.78 is 0.